The summed E-state index contributed by atoms with van der Waals surface area (Å²) in [4.78, 5) is 4.17. The first-order valence-electron chi connectivity index (χ1n) is 5.38. The number of benzene rings is 1. The molecule has 0 bridgehead atoms. The van der Waals surface area contributed by atoms with Crippen LogP contribution in [0, 0.1) is 19.7 Å². The molecule has 0 aliphatic heterocycles. The Labute approximate surface area is 98.7 Å². The van der Waals surface area contributed by atoms with E-state index in [1.54, 1.807) is 30.7 Å². The average molecular weight is 235 g/mol. The molecule has 90 valence electrons. The highest BCUT2D eigenvalue weighted by atomic mass is 19.1. The first-order valence-corrected chi connectivity index (χ1v) is 5.38. The Kier molecular flexibility index (Phi) is 2.93. The average Bonchev–Trinajstić information content (AvgIpc) is 2.56. The van der Waals surface area contributed by atoms with Gasteiger partial charge in [-0.1, -0.05) is 6.07 Å². The summed E-state index contributed by atoms with van der Waals surface area (Å²) in [5.41, 5.74) is 0.763. The number of hydrogen-bond acceptors (Lipinski definition) is 3. The van der Waals surface area contributed by atoms with Gasteiger partial charge in [-0.2, -0.15) is 5.10 Å². The second kappa shape index (κ2) is 4.25. The Morgan fingerprint density at radius 2 is 2.06 bits per heavy atom. The highest BCUT2D eigenvalue weighted by Gasteiger charge is 2.17. The second-order valence-corrected chi connectivity index (χ2v) is 3.97. The fourth-order valence-electron chi connectivity index (χ4n) is 1.87. The largest absolute Gasteiger partial charge is 0.389 e. The van der Waals surface area contributed by atoms with Crippen molar-refractivity contribution in [3.8, 4) is 5.69 Å². The van der Waals surface area contributed by atoms with Gasteiger partial charge in [0, 0.05) is 5.56 Å². The topological polar surface area (TPSA) is 50.9 Å². The smallest absolute Gasteiger partial charge is 0.148 e. The molecule has 2 rings (SSSR count). The summed E-state index contributed by atoms with van der Waals surface area (Å²) in [5.74, 6) is 0.836. The van der Waals surface area contributed by atoms with Crippen LogP contribution in [0.2, 0.25) is 0 Å². The number of aliphatic hydroxyl groups excluding tert-OH is 1. The minimum Gasteiger partial charge on any atom is -0.389 e. The molecule has 4 nitrogen and oxygen atoms in total. The van der Waals surface area contributed by atoms with Crippen molar-refractivity contribution in [1.29, 1.82) is 0 Å². The van der Waals surface area contributed by atoms with Gasteiger partial charge in [-0.25, -0.2) is 14.1 Å². The highest BCUT2D eigenvalue weighted by Crippen LogP contribution is 2.24. The van der Waals surface area contributed by atoms with Crippen molar-refractivity contribution < 1.29 is 9.50 Å². The third-order valence-electron chi connectivity index (χ3n) is 2.55. The summed E-state index contributed by atoms with van der Waals surface area (Å²) in [6, 6.07) is 4.63. The van der Waals surface area contributed by atoms with Crippen molar-refractivity contribution in [2.45, 2.75) is 26.9 Å². The molecule has 2 aromatic rings. The van der Waals surface area contributed by atoms with E-state index in [1.165, 1.54) is 13.0 Å². The van der Waals surface area contributed by atoms with Crippen molar-refractivity contribution in [2.75, 3.05) is 0 Å². The van der Waals surface area contributed by atoms with Crippen LogP contribution in [0.4, 0.5) is 4.39 Å². The van der Waals surface area contributed by atoms with E-state index in [4.69, 9.17) is 0 Å². The van der Waals surface area contributed by atoms with Gasteiger partial charge >= 0.3 is 0 Å². The minimum absolute atomic E-state index is 0.237. The molecular weight excluding hydrogens is 221 g/mol. The molecule has 1 heterocycles. The summed E-state index contributed by atoms with van der Waals surface area (Å²) in [7, 11) is 0. The van der Waals surface area contributed by atoms with Crippen LogP contribution < -0.4 is 0 Å². The number of aliphatic hydroxyl groups is 1. The summed E-state index contributed by atoms with van der Waals surface area (Å²) < 4.78 is 15.2. The Balaban J connectivity index is 2.67. The first kappa shape index (κ1) is 11.7. The maximum atomic E-state index is 13.7. The lowest BCUT2D eigenvalue weighted by molar-refractivity contribution is 0.193. The monoisotopic (exact) mass is 235 g/mol. The quantitative estimate of drug-likeness (QED) is 0.867. The molecule has 1 aromatic heterocycles. The van der Waals surface area contributed by atoms with Crippen molar-refractivity contribution in [1.82, 2.24) is 14.8 Å². The standard InChI is InChI=1S/C12H14FN3O/c1-7(17)12-10(13)5-4-6-11(12)16-9(3)14-8(2)15-16/h4-7,17H,1-3H3/t7-/m1/s1. The van der Waals surface area contributed by atoms with Gasteiger partial charge in [0.05, 0.1) is 11.8 Å². The lowest BCUT2D eigenvalue weighted by Gasteiger charge is -2.13. The van der Waals surface area contributed by atoms with E-state index in [0.717, 1.165) is 0 Å². The van der Waals surface area contributed by atoms with Gasteiger partial charge in [0.25, 0.3) is 0 Å². The van der Waals surface area contributed by atoms with Crippen LogP contribution in [0.1, 0.15) is 30.2 Å². The number of aromatic nitrogens is 3. The van der Waals surface area contributed by atoms with E-state index in [9.17, 15) is 9.50 Å². The van der Waals surface area contributed by atoms with Crippen molar-refractivity contribution in [3.63, 3.8) is 0 Å². The van der Waals surface area contributed by atoms with Crippen LogP contribution in [0.5, 0.6) is 0 Å². The molecular formula is C12H14FN3O. The number of hydrogen-bond donors (Lipinski definition) is 1. The second-order valence-electron chi connectivity index (χ2n) is 3.97. The molecule has 17 heavy (non-hydrogen) atoms. The molecule has 0 amide bonds. The van der Waals surface area contributed by atoms with E-state index in [0.29, 0.717) is 17.3 Å². The third kappa shape index (κ3) is 2.06. The van der Waals surface area contributed by atoms with Crippen molar-refractivity contribution >= 4 is 0 Å². The normalized spacial score (nSPS) is 12.8. The summed E-state index contributed by atoms with van der Waals surface area (Å²) in [6.45, 7) is 5.09. The van der Waals surface area contributed by atoms with Crippen LogP contribution in [0.3, 0.4) is 0 Å². The Morgan fingerprint density at radius 1 is 1.35 bits per heavy atom. The lowest BCUT2D eigenvalue weighted by atomic mass is 10.1. The first-order chi connectivity index (χ1) is 8.00. The zero-order valence-electron chi connectivity index (χ0n) is 9.98. The van der Waals surface area contributed by atoms with Crippen molar-refractivity contribution in [3.05, 3.63) is 41.2 Å². The molecule has 0 radical (unpaired) electrons. The zero-order valence-corrected chi connectivity index (χ0v) is 9.98. The highest BCUT2D eigenvalue weighted by molar-refractivity contribution is 5.43. The molecule has 1 N–H and O–H groups in total. The molecule has 5 heteroatoms. The molecule has 1 atom stereocenters. The molecule has 0 aliphatic rings. The van der Waals surface area contributed by atoms with Gasteiger partial charge in [0.1, 0.15) is 17.5 Å². The fourth-order valence-corrected chi connectivity index (χ4v) is 1.87. The van der Waals surface area contributed by atoms with Crippen LogP contribution >= 0.6 is 0 Å². The predicted molar refractivity (Wildman–Crippen MR) is 61.4 cm³/mol. The van der Waals surface area contributed by atoms with Crippen LogP contribution in [0.15, 0.2) is 18.2 Å². The van der Waals surface area contributed by atoms with Gasteiger partial charge in [-0.3, -0.25) is 0 Å². The predicted octanol–water partition coefficient (Wildman–Crippen LogP) is 2.08. The van der Waals surface area contributed by atoms with Crippen LogP contribution in [-0.4, -0.2) is 19.9 Å². The molecule has 0 spiro atoms. The van der Waals surface area contributed by atoms with E-state index in [1.807, 2.05) is 0 Å². The number of rotatable bonds is 2. The van der Waals surface area contributed by atoms with Gasteiger partial charge < -0.3 is 5.11 Å². The molecule has 1 aromatic carbocycles. The van der Waals surface area contributed by atoms with Gasteiger partial charge in [0.2, 0.25) is 0 Å². The Morgan fingerprint density at radius 3 is 2.59 bits per heavy atom. The van der Waals surface area contributed by atoms with E-state index in [2.05, 4.69) is 10.1 Å². The maximum Gasteiger partial charge on any atom is 0.148 e. The SMILES string of the molecule is Cc1nc(C)n(-c2cccc(F)c2[C@@H](C)O)n1. The molecule has 0 saturated carbocycles. The number of aryl methyl sites for hydroxylation is 2. The lowest BCUT2D eigenvalue weighted by Crippen LogP contribution is -2.08. The van der Waals surface area contributed by atoms with Gasteiger partial charge in [-0.15, -0.1) is 0 Å². The van der Waals surface area contributed by atoms with E-state index < -0.39 is 11.9 Å². The van der Waals surface area contributed by atoms with Gasteiger partial charge in [-0.05, 0) is 32.9 Å². The summed E-state index contributed by atoms with van der Waals surface area (Å²) >= 11 is 0. The fraction of sp³-hybridized carbons (Fsp3) is 0.333. The summed E-state index contributed by atoms with van der Waals surface area (Å²) in [6.07, 6.45) is -0.893. The van der Waals surface area contributed by atoms with Gasteiger partial charge in [0.15, 0.2) is 0 Å². The minimum atomic E-state index is -0.893. The molecule has 0 saturated heterocycles. The maximum absolute atomic E-state index is 13.7. The number of halogens is 1. The van der Waals surface area contributed by atoms with Crippen LogP contribution in [0.25, 0.3) is 5.69 Å². The van der Waals surface area contributed by atoms with E-state index >= 15 is 0 Å². The third-order valence-corrected chi connectivity index (χ3v) is 2.55. The summed E-state index contributed by atoms with van der Waals surface area (Å²) in [5, 5.41) is 13.8. The van der Waals surface area contributed by atoms with E-state index in [-0.39, 0.29) is 5.56 Å². The molecule has 0 aliphatic carbocycles. The molecule has 0 unspecified atom stereocenters. The van der Waals surface area contributed by atoms with Crippen LogP contribution in [-0.2, 0) is 0 Å². The molecule has 0 fully saturated rings. The Hall–Kier alpha value is -1.75. The Bertz CT molecular complexity index is 549. The zero-order chi connectivity index (χ0) is 12.6. The number of nitrogens with zero attached hydrogens (tertiary/aromatic N) is 3. The van der Waals surface area contributed by atoms with Crippen molar-refractivity contribution in [2.24, 2.45) is 0 Å².